The van der Waals surface area contributed by atoms with E-state index in [4.69, 9.17) is 0 Å². The zero-order chi connectivity index (χ0) is 40.4. The van der Waals surface area contributed by atoms with Gasteiger partial charge >= 0.3 is 0 Å². The molecule has 9 aromatic carbocycles. The number of rotatable bonds is 2. The Kier molecular flexibility index (Phi) is 6.48. The second kappa shape index (κ2) is 11.4. The van der Waals surface area contributed by atoms with E-state index in [9.17, 15) is 0 Å². The van der Waals surface area contributed by atoms with Crippen LogP contribution in [0.15, 0.2) is 158 Å². The highest BCUT2D eigenvalue weighted by atomic mass is 15.0. The molecule has 0 radical (unpaired) electrons. The molecule has 2 aliphatic heterocycles. The van der Waals surface area contributed by atoms with Gasteiger partial charge in [-0.15, -0.1) is 0 Å². The molecule has 0 fully saturated rings. The summed E-state index contributed by atoms with van der Waals surface area (Å²) in [6, 6.07) is 60.4. The average molecular weight is 769 g/mol. The van der Waals surface area contributed by atoms with E-state index in [0.717, 1.165) is 0 Å². The summed E-state index contributed by atoms with van der Waals surface area (Å²) < 4.78 is 5.05. The topological polar surface area (TPSA) is 9.86 Å². The van der Waals surface area contributed by atoms with Gasteiger partial charge in [0.2, 0.25) is 0 Å². The van der Waals surface area contributed by atoms with Crippen LogP contribution in [0.5, 0.6) is 0 Å². The second-order valence-corrected chi connectivity index (χ2v) is 18.7. The molecule has 2 aromatic heterocycles. The van der Waals surface area contributed by atoms with Crippen LogP contribution in [-0.2, 0) is 10.8 Å². The maximum atomic E-state index is 2.52. The van der Waals surface area contributed by atoms with Crippen molar-refractivity contribution in [2.75, 3.05) is 0 Å². The van der Waals surface area contributed by atoms with Crippen molar-refractivity contribution in [1.82, 2.24) is 9.13 Å². The quantitative estimate of drug-likeness (QED) is 0.155. The van der Waals surface area contributed by atoms with Crippen molar-refractivity contribution in [1.29, 1.82) is 0 Å². The number of hydrogen-bond acceptors (Lipinski definition) is 0. The number of hydrogen-bond donors (Lipinski definition) is 0. The Bertz CT molecular complexity index is 3490. The Morgan fingerprint density at radius 3 is 1.20 bits per heavy atom. The fourth-order valence-corrected chi connectivity index (χ4v) is 11.7. The number of aromatic nitrogens is 2. The summed E-state index contributed by atoms with van der Waals surface area (Å²) in [5, 5.41) is 10.4. The fourth-order valence-electron chi connectivity index (χ4n) is 11.7. The molecular formula is C58H44N2. The van der Waals surface area contributed by atoms with E-state index in [0.29, 0.717) is 0 Å². The van der Waals surface area contributed by atoms with E-state index in [1.165, 1.54) is 132 Å². The van der Waals surface area contributed by atoms with E-state index in [2.05, 4.69) is 208 Å². The summed E-state index contributed by atoms with van der Waals surface area (Å²) >= 11 is 0. The van der Waals surface area contributed by atoms with E-state index in [-0.39, 0.29) is 10.8 Å². The van der Waals surface area contributed by atoms with Crippen LogP contribution in [0.2, 0.25) is 0 Å². The molecule has 0 aliphatic carbocycles. The number of aryl methyl sites for hydroxylation is 2. The summed E-state index contributed by atoms with van der Waals surface area (Å²) in [7, 11) is 0. The first kappa shape index (κ1) is 34.0. The van der Waals surface area contributed by atoms with Gasteiger partial charge in [0.05, 0.1) is 33.4 Å². The Labute approximate surface area is 349 Å². The minimum Gasteiger partial charge on any atom is -0.309 e. The molecule has 13 rings (SSSR count). The van der Waals surface area contributed by atoms with Crippen molar-refractivity contribution in [2.24, 2.45) is 0 Å². The van der Waals surface area contributed by atoms with Gasteiger partial charge in [0.25, 0.3) is 0 Å². The zero-order valence-corrected chi connectivity index (χ0v) is 34.9. The molecule has 2 nitrogen and oxygen atoms in total. The van der Waals surface area contributed by atoms with Gasteiger partial charge in [0.1, 0.15) is 0 Å². The SMILES string of the molecule is Cc1ccc2c(-c3ccc4c(c3)C(C)(C)c3cccc5c6ccccc6n-4c35)c3cc(C)ccc3c(-c3ccc4c(c3)C(C)(C)c3cccc5c6ccccc6n-4c35)c2c1. The van der Waals surface area contributed by atoms with Gasteiger partial charge in [-0.05, 0) is 116 Å². The molecule has 0 spiro atoms. The molecule has 0 unspecified atom stereocenters. The van der Waals surface area contributed by atoms with Gasteiger partial charge < -0.3 is 9.13 Å². The van der Waals surface area contributed by atoms with Crippen LogP contribution >= 0.6 is 0 Å². The van der Waals surface area contributed by atoms with Crippen molar-refractivity contribution >= 4 is 65.2 Å². The Morgan fingerprint density at radius 1 is 0.333 bits per heavy atom. The molecular weight excluding hydrogens is 725 g/mol. The van der Waals surface area contributed by atoms with Crippen molar-refractivity contribution in [2.45, 2.75) is 52.4 Å². The van der Waals surface area contributed by atoms with Crippen LogP contribution in [0.25, 0.3) is 98.8 Å². The summed E-state index contributed by atoms with van der Waals surface area (Å²) in [4.78, 5) is 0. The maximum Gasteiger partial charge on any atom is 0.0582 e. The van der Waals surface area contributed by atoms with Gasteiger partial charge in [-0.3, -0.25) is 0 Å². The standard InChI is InChI=1S/C58H44N2/c1-33-21-25-39-43(29-33)53(35-23-27-51-47(31-35)57(3,4)45-17-11-15-41-37-13-7-9-19-49(37)59(51)55(41)45)40-26-22-34(2)30-44(40)54(39)36-24-28-52-48(32-36)58(5,6)46-18-12-16-42-38-14-8-10-20-50(38)60(52)56(42)46/h7-32H,1-6H3. The molecule has 0 atom stereocenters. The van der Waals surface area contributed by atoms with Gasteiger partial charge in [-0.25, -0.2) is 0 Å². The van der Waals surface area contributed by atoms with E-state index < -0.39 is 0 Å². The lowest BCUT2D eigenvalue weighted by atomic mass is 9.73. The summed E-state index contributed by atoms with van der Waals surface area (Å²) in [6.07, 6.45) is 0. The lowest BCUT2D eigenvalue weighted by molar-refractivity contribution is 0.630. The smallest absolute Gasteiger partial charge is 0.0582 e. The Hall–Kier alpha value is -6.90. The van der Waals surface area contributed by atoms with Crippen molar-refractivity contribution in [3.05, 3.63) is 191 Å². The Morgan fingerprint density at radius 2 is 0.750 bits per heavy atom. The van der Waals surface area contributed by atoms with Gasteiger partial charge in [-0.1, -0.05) is 160 Å². The first-order valence-corrected chi connectivity index (χ1v) is 21.4. The second-order valence-electron chi connectivity index (χ2n) is 18.7. The van der Waals surface area contributed by atoms with Gasteiger partial charge in [0.15, 0.2) is 0 Å². The first-order valence-electron chi connectivity index (χ1n) is 21.4. The third-order valence-electron chi connectivity index (χ3n) is 14.6. The van der Waals surface area contributed by atoms with Gasteiger partial charge in [-0.2, -0.15) is 0 Å². The van der Waals surface area contributed by atoms with Crippen molar-refractivity contribution < 1.29 is 0 Å². The van der Waals surface area contributed by atoms with Crippen molar-refractivity contribution in [3.8, 4) is 33.6 Å². The molecule has 2 heteroatoms. The van der Waals surface area contributed by atoms with Crippen LogP contribution in [0.3, 0.4) is 0 Å². The molecule has 0 N–H and O–H groups in total. The highest BCUT2D eigenvalue weighted by Gasteiger charge is 2.37. The predicted molar refractivity (Wildman–Crippen MR) is 255 cm³/mol. The first-order chi connectivity index (χ1) is 29.1. The average Bonchev–Trinajstić information content (AvgIpc) is 3.78. The molecule has 0 bridgehead atoms. The molecule has 0 saturated heterocycles. The molecule has 0 amide bonds. The molecule has 60 heavy (non-hydrogen) atoms. The third-order valence-corrected chi connectivity index (χ3v) is 14.6. The zero-order valence-electron chi connectivity index (χ0n) is 34.9. The number of fused-ring (bicyclic) bond motifs is 12. The van der Waals surface area contributed by atoms with E-state index in [1.807, 2.05) is 0 Å². The molecule has 4 heterocycles. The van der Waals surface area contributed by atoms with Crippen molar-refractivity contribution in [3.63, 3.8) is 0 Å². The molecule has 2 aliphatic rings. The molecule has 286 valence electrons. The van der Waals surface area contributed by atoms with E-state index in [1.54, 1.807) is 0 Å². The van der Waals surface area contributed by atoms with E-state index >= 15 is 0 Å². The number of benzene rings is 9. The summed E-state index contributed by atoms with van der Waals surface area (Å²) in [5.41, 5.74) is 20.5. The highest BCUT2D eigenvalue weighted by molar-refractivity contribution is 6.22. The maximum absolute atomic E-state index is 2.52. The van der Waals surface area contributed by atoms with Crippen LogP contribution in [-0.4, -0.2) is 9.13 Å². The minimum atomic E-state index is -0.196. The highest BCUT2D eigenvalue weighted by Crippen LogP contribution is 2.52. The Balaban J connectivity index is 1.08. The van der Waals surface area contributed by atoms with Crippen LogP contribution in [0.4, 0.5) is 0 Å². The van der Waals surface area contributed by atoms with Gasteiger partial charge in [0, 0.05) is 32.4 Å². The minimum absolute atomic E-state index is 0.196. The largest absolute Gasteiger partial charge is 0.309 e. The lowest BCUT2D eigenvalue weighted by Gasteiger charge is -2.35. The third kappa shape index (κ3) is 4.18. The number of para-hydroxylation sites is 4. The summed E-state index contributed by atoms with van der Waals surface area (Å²) in [6.45, 7) is 14.1. The fraction of sp³-hybridized carbons (Fsp3) is 0.138. The van der Waals surface area contributed by atoms with Crippen LogP contribution < -0.4 is 0 Å². The molecule has 0 saturated carbocycles. The predicted octanol–water partition coefficient (Wildman–Crippen LogP) is 15.4. The normalized spacial score (nSPS) is 14.8. The number of nitrogens with zero attached hydrogens (tertiary/aromatic N) is 2. The van der Waals surface area contributed by atoms with Crippen LogP contribution in [0, 0.1) is 13.8 Å². The summed E-state index contributed by atoms with van der Waals surface area (Å²) in [5.74, 6) is 0. The molecule has 11 aromatic rings. The monoisotopic (exact) mass is 768 g/mol. The lowest BCUT2D eigenvalue weighted by Crippen LogP contribution is -2.26. The van der Waals surface area contributed by atoms with Crippen LogP contribution in [0.1, 0.15) is 61.1 Å².